The molecule has 0 aromatic heterocycles. The van der Waals surface area contributed by atoms with Gasteiger partial charge in [0.2, 0.25) is 0 Å². The fraction of sp³-hybridized carbons (Fsp3) is 0.500. The normalized spacial score (nSPS) is 13.6. The van der Waals surface area contributed by atoms with Crippen molar-refractivity contribution in [3.8, 4) is 0 Å². The van der Waals surface area contributed by atoms with Gasteiger partial charge in [-0.3, -0.25) is 4.79 Å². The van der Waals surface area contributed by atoms with Gasteiger partial charge in [0.05, 0.1) is 5.60 Å². The highest BCUT2D eigenvalue weighted by Gasteiger charge is 2.17. The Labute approximate surface area is 68.1 Å². The molecule has 52 valence electrons. The van der Waals surface area contributed by atoms with Crippen LogP contribution in [0.5, 0.6) is 0 Å². The molecule has 0 amide bonds. The van der Waals surface area contributed by atoms with Crippen molar-refractivity contribution < 1.29 is 9.90 Å². The lowest BCUT2D eigenvalue weighted by molar-refractivity contribution is -0.106. The van der Waals surface area contributed by atoms with Crippen molar-refractivity contribution in [2.75, 3.05) is 0 Å². The molecule has 0 radical (unpaired) electrons. The lowest BCUT2D eigenvalue weighted by Crippen LogP contribution is -2.22. The van der Waals surface area contributed by atoms with Gasteiger partial charge < -0.3 is 5.11 Å². The van der Waals surface area contributed by atoms with E-state index in [1.54, 1.807) is 17.9 Å². The summed E-state index contributed by atoms with van der Waals surface area (Å²) >= 11 is 1.92. The minimum absolute atomic E-state index is 0.406. The van der Waals surface area contributed by atoms with Crippen LogP contribution in [0.4, 0.5) is 0 Å². The van der Waals surface area contributed by atoms with Crippen LogP contribution in [0.2, 0.25) is 0 Å². The van der Waals surface area contributed by atoms with Crippen molar-refractivity contribution >= 4 is 28.9 Å². The second-order valence-electron chi connectivity index (χ2n) is 2.24. The van der Waals surface area contributed by atoms with Gasteiger partial charge in [0, 0.05) is 5.57 Å². The predicted molar refractivity (Wildman–Crippen MR) is 44.5 cm³/mol. The van der Waals surface area contributed by atoms with E-state index < -0.39 is 5.60 Å². The zero-order valence-corrected chi connectivity index (χ0v) is 7.55. The van der Waals surface area contributed by atoms with E-state index in [9.17, 15) is 9.90 Å². The Morgan fingerprint density at radius 2 is 2.11 bits per heavy atom. The molecule has 1 N–H and O–H groups in total. The Balaban J connectivity index is 4.32. The van der Waals surface area contributed by atoms with Crippen molar-refractivity contribution in [3.05, 3.63) is 9.66 Å². The predicted octanol–water partition coefficient (Wildman–Crippen LogP) is 1.28. The summed E-state index contributed by atoms with van der Waals surface area (Å²) in [7, 11) is 0. The third-order valence-corrected chi connectivity index (χ3v) is 1.62. The van der Waals surface area contributed by atoms with Gasteiger partial charge >= 0.3 is 0 Å². The largest absolute Gasteiger partial charge is 0.386 e. The molecule has 0 heterocycles. The number of hydrogen-bond donors (Lipinski definition) is 1. The Bertz CT molecular complexity index is 132. The van der Waals surface area contributed by atoms with Gasteiger partial charge in [-0.05, 0) is 17.9 Å². The SMILES string of the molecule is CC(C)(O)C(C=O)=CI. The summed E-state index contributed by atoms with van der Waals surface area (Å²) in [4.78, 5) is 10.1. The fourth-order valence-electron chi connectivity index (χ4n) is 0.303. The third-order valence-electron chi connectivity index (χ3n) is 0.951. The van der Waals surface area contributed by atoms with Crippen molar-refractivity contribution in [1.29, 1.82) is 0 Å². The highest BCUT2D eigenvalue weighted by Crippen LogP contribution is 2.13. The second-order valence-corrected chi connectivity index (χ2v) is 2.86. The summed E-state index contributed by atoms with van der Waals surface area (Å²) in [6, 6.07) is 0. The number of rotatable bonds is 2. The number of aliphatic hydroxyl groups is 1. The molecule has 0 unspecified atom stereocenters. The Kier molecular flexibility index (Phi) is 3.35. The van der Waals surface area contributed by atoms with Crippen molar-refractivity contribution in [2.24, 2.45) is 0 Å². The van der Waals surface area contributed by atoms with Crippen LogP contribution in [-0.2, 0) is 4.79 Å². The summed E-state index contributed by atoms with van der Waals surface area (Å²) in [5.74, 6) is 0. The van der Waals surface area contributed by atoms with Crippen LogP contribution >= 0.6 is 22.6 Å². The summed E-state index contributed by atoms with van der Waals surface area (Å²) in [6.45, 7) is 3.15. The topological polar surface area (TPSA) is 37.3 Å². The molecule has 0 bridgehead atoms. The van der Waals surface area contributed by atoms with Crippen LogP contribution in [0.3, 0.4) is 0 Å². The summed E-state index contributed by atoms with van der Waals surface area (Å²) in [6.07, 6.45) is 0.659. The molecule has 3 heteroatoms. The molecule has 0 aromatic rings. The molecule has 0 saturated carbocycles. The lowest BCUT2D eigenvalue weighted by Gasteiger charge is -2.15. The van der Waals surface area contributed by atoms with Gasteiger partial charge in [0.1, 0.15) is 6.29 Å². The van der Waals surface area contributed by atoms with E-state index in [0.717, 1.165) is 0 Å². The van der Waals surface area contributed by atoms with Gasteiger partial charge in [-0.25, -0.2) is 0 Å². The number of carbonyl (C=O) groups is 1. The van der Waals surface area contributed by atoms with E-state index >= 15 is 0 Å². The van der Waals surface area contributed by atoms with Gasteiger partial charge in [-0.2, -0.15) is 0 Å². The average Bonchev–Trinajstić information content (AvgIpc) is 1.65. The van der Waals surface area contributed by atoms with Crippen molar-refractivity contribution in [1.82, 2.24) is 0 Å². The first-order valence-corrected chi connectivity index (χ1v) is 3.75. The van der Waals surface area contributed by atoms with Gasteiger partial charge in [-0.1, -0.05) is 22.6 Å². The lowest BCUT2D eigenvalue weighted by atomic mass is 10.0. The molecule has 0 saturated heterocycles. The Morgan fingerprint density at radius 1 is 1.67 bits per heavy atom. The number of hydrogen-bond acceptors (Lipinski definition) is 2. The molecule has 9 heavy (non-hydrogen) atoms. The van der Waals surface area contributed by atoms with Crippen LogP contribution in [0.25, 0.3) is 0 Å². The van der Waals surface area contributed by atoms with Crippen molar-refractivity contribution in [3.63, 3.8) is 0 Å². The molecule has 0 aliphatic heterocycles. The van der Waals surface area contributed by atoms with Crippen LogP contribution in [0.15, 0.2) is 9.66 Å². The zero-order valence-electron chi connectivity index (χ0n) is 5.39. The summed E-state index contributed by atoms with van der Waals surface area (Å²) in [5.41, 5.74) is -0.591. The van der Waals surface area contributed by atoms with E-state index in [1.165, 1.54) is 0 Å². The third kappa shape index (κ3) is 2.95. The van der Waals surface area contributed by atoms with E-state index in [-0.39, 0.29) is 0 Å². The molecule has 0 aromatic carbocycles. The maximum atomic E-state index is 10.1. The quantitative estimate of drug-likeness (QED) is 0.448. The highest BCUT2D eigenvalue weighted by molar-refractivity contribution is 14.1. The maximum absolute atomic E-state index is 10.1. The molecule has 2 nitrogen and oxygen atoms in total. The van der Waals surface area contributed by atoms with E-state index in [2.05, 4.69) is 0 Å². The van der Waals surface area contributed by atoms with Gasteiger partial charge in [0.15, 0.2) is 0 Å². The molecule has 0 spiro atoms. The van der Waals surface area contributed by atoms with Crippen LogP contribution in [0.1, 0.15) is 13.8 Å². The summed E-state index contributed by atoms with van der Waals surface area (Å²) in [5, 5.41) is 9.17. The van der Waals surface area contributed by atoms with Crippen LogP contribution < -0.4 is 0 Å². The minimum Gasteiger partial charge on any atom is -0.386 e. The first-order chi connectivity index (χ1) is 4.02. The number of carbonyl (C=O) groups excluding carboxylic acids is 1. The number of halogens is 1. The first-order valence-electron chi connectivity index (χ1n) is 2.50. The fourth-order valence-corrected chi connectivity index (χ4v) is 1.21. The first kappa shape index (κ1) is 9.10. The van der Waals surface area contributed by atoms with Gasteiger partial charge in [0.25, 0.3) is 0 Å². The molecule has 0 aliphatic rings. The Morgan fingerprint density at radius 3 is 2.11 bits per heavy atom. The van der Waals surface area contributed by atoms with E-state index in [1.807, 2.05) is 22.6 Å². The molecular formula is C6H9IO2. The van der Waals surface area contributed by atoms with E-state index in [0.29, 0.717) is 11.9 Å². The van der Waals surface area contributed by atoms with Gasteiger partial charge in [-0.15, -0.1) is 0 Å². The maximum Gasteiger partial charge on any atom is 0.149 e. The van der Waals surface area contributed by atoms with Crippen molar-refractivity contribution in [2.45, 2.75) is 19.4 Å². The minimum atomic E-state index is -0.997. The molecule has 0 rings (SSSR count). The molecule has 0 fully saturated rings. The zero-order chi connectivity index (χ0) is 7.49. The second kappa shape index (κ2) is 3.31. The monoisotopic (exact) mass is 240 g/mol. The molecule has 0 atom stereocenters. The number of aldehydes is 1. The average molecular weight is 240 g/mol. The van der Waals surface area contributed by atoms with Crippen LogP contribution in [0, 0.1) is 0 Å². The Hall–Kier alpha value is 0.100. The standard InChI is InChI=1S/C6H9IO2/c1-6(2,9)5(3-7)4-8/h3-4,9H,1-2H3. The highest BCUT2D eigenvalue weighted by atomic mass is 127. The summed E-state index contributed by atoms with van der Waals surface area (Å²) < 4.78 is 1.57. The van der Waals surface area contributed by atoms with E-state index in [4.69, 9.17) is 0 Å². The molecular weight excluding hydrogens is 231 g/mol. The molecule has 0 aliphatic carbocycles. The smallest absolute Gasteiger partial charge is 0.149 e. The van der Waals surface area contributed by atoms with Crippen LogP contribution in [-0.4, -0.2) is 17.0 Å².